The highest BCUT2D eigenvalue weighted by Gasteiger charge is 2.49. The van der Waals surface area contributed by atoms with Gasteiger partial charge in [0.1, 0.15) is 5.60 Å². The van der Waals surface area contributed by atoms with Gasteiger partial charge in [-0.25, -0.2) is 13.2 Å². The molecule has 2 saturated heterocycles. The van der Waals surface area contributed by atoms with Gasteiger partial charge in [-0.05, 0) is 58.9 Å². The van der Waals surface area contributed by atoms with Crippen molar-refractivity contribution in [2.24, 2.45) is 4.99 Å². The van der Waals surface area contributed by atoms with Gasteiger partial charge in [-0.15, -0.1) is 0 Å². The molecule has 1 N–H and O–H groups in total. The van der Waals surface area contributed by atoms with Crippen molar-refractivity contribution in [2.45, 2.75) is 57.9 Å². The van der Waals surface area contributed by atoms with E-state index in [2.05, 4.69) is 29.1 Å². The smallest absolute Gasteiger partial charge is 0.407 e. The van der Waals surface area contributed by atoms with E-state index in [0.29, 0.717) is 5.17 Å². The Kier molecular flexibility index (Phi) is 8.18. The molecule has 188 valence electrons. The van der Waals surface area contributed by atoms with Crippen molar-refractivity contribution < 1.29 is 22.7 Å². The topological polar surface area (TPSA) is 108 Å². The van der Waals surface area contributed by atoms with E-state index in [0.717, 1.165) is 24.5 Å². The van der Waals surface area contributed by atoms with E-state index in [1.165, 1.54) is 11.8 Å². The van der Waals surface area contributed by atoms with E-state index in [4.69, 9.17) is 4.74 Å². The van der Waals surface area contributed by atoms with Crippen LogP contribution in [-0.4, -0.2) is 73.6 Å². The van der Waals surface area contributed by atoms with E-state index < -0.39 is 21.5 Å². The average molecular weight is 511 g/mol. The highest BCUT2D eigenvalue weighted by molar-refractivity contribution is 8.16. The number of alkyl carbamates (subject to hydrolysis) is 1. The van der Waals surface area contributed by atoms with Crippen LogP contribution in [0.1, 0.15) is 41.0 Å². The summed E-state index contributed by atoms with van der Waals surface area (Å²) in [5.41, 5.74) is 1.28. The molecule has 34 heavy (non-hydrogen) atoms. The van der Waals surface area contributed by atoms with Gasteiger partial charge in [0.05, 0.1) is 17.5 Å². The number of aliphatic imine (C=N–C) groups is 1. The van der Waals surface area contributed by atoms with Crippen molar-refractivity contribution in [3.05, 3.63) is 24.3 Å². The number of sulfone groups is 1. The molecule has 2 fully saturated rings. The third-order valence-electron chi connectivity index (χ3n) is 5.55. The maximum absolute atomic E-state index is 12.6. The minimum Gasteiger partial charge on any atom is -0.444 e. The number of nitrogens with one attached hydrogen (secondary N) is 1. The summed E-state index contributed by atoms with van der Waals surface area (Å²) in [6.07, 6.45) is -0.566. The Morgan fingerprint density at radius 2 is 1.82 bits per heavy atom. The molecule has 2 heterocycles. The molecular weight excluding hydrogens is 476 g/mol. The number of rotatable bonds is 7. The number of anilines is 2. The molecule has 2 amide bonds. The van der Waals surface area contributed by atoms with Gasteiger partial charge in [-0.1, -0.05) is 11.8 Å². The number of carbonyl (C=O) groups excluding carboxylic acids is 2. The summed E-state index contributed by atoms with van der Waals surface area (Å²) in [6.45, 7) is 11.4. The zero-order chi connectivity index (χ0) is 25.1. The molecule has 2 aliphatic rings. The Morgan fingerprint density at radius 1 is 1.18 bits per heavy atom. The largest absolute Gasteiger partial charge is 0.444 e. The predicted octanol–water partition coefficient (Wildman–Crippen LogP) is 3.05. The number of thioether (sulfide) groups is 1. The molecule has 0 aromatic heterocycles. The molecule has 9 nitrogen and oxygen atoms in total. The van der Waals surface area contributed by atoms with Crippen LogP contribution < -0.4 is 15.1 Å². The zero-order valence-electron chi connectivity index (χ0n) is 20.4. The Bertz CT molecular complexity index is 1030. The first-order chi connectivity index (χ1) is 15.9. The van der Waals surface area contributed by atoms with Crippen LogP contribution >= 0.6 is 11.8 Å². The summed E-state index contributed by atoms with van der Waals surface area (Å²) in [6, 6.07) is 7.65. The van der Waals surface area contributed by atoms with E-state index in [1.807, 2.05) is 29.2 Å². The number of nitrogens with zero attached hydrogens (tertiary/aromatic N) is 3. The predicted molar refractivity (Wildman–Crippen MR) is 138 cm³/mol. The van der Waals surface area contributed by atoms with Crippen molar-refractivity contribution in [1.82, 2.24) is 5.32 Å². The Hall–Kier alpha value is -2.27. The van der Waals surface area contributed by atoms with Crippen LogP contribution in [0.25, 0.3) is 0 Å². The third kappa shape index (κ3) is 6.65. The Balaban J connectivity index is 1.74. The SMILES string of the molecule is CCN(CC)c1ccc(N2C(=NC(=O)CCNC(=O)OC(C)(C)C)SC3CS(=O)(=O)CC32)cc1. The Labute approximate surface area is 206 Å². The first kappa shape index (κ1) is 26.3. The van der Waals surface area contributed by atoms with Crippen molar-refractivity contribution in [3.8, 4) is 0 Å². The van der Waals surface area contributed by atoms with Gasteiger partial charge in [0.25, 0.3) is 0 Å². The molecule has 0 bridgehead atoms. The minimum absolute atomic E-state index is 0.0195. The maximum atomic E-state index is 12.6. The van der Waals surface area contributed by atoms with Gasteiger partial charge < -0.3 is 19.9 Å². The summed E-state index contributed by atoms with van der Waals surface area (Å²) >= 11 is 1.34. The second kappa shape index (κ2) is 10.6. The fourth-order valence-electron chi connectivity index (χ4n) is 4.03. The minimum atomic E-state index is -3.14. The monoisotopic (exact) mass is 510 g/mol. The van der Waals surface area contributed by atoms with E-state index in [9.17, 15) is 18.0 Å². The van der Waals surface area contributed by atoms with Gasteiger partial charge in [0.15, 0.2) is 15.0 Å². The molecule has 2 aliphatic heterocycles. The summed E-state index contributed by atoms with van der Waals surface area (Å²) in [5, 5.41) is 2.90. The second-order valence-corrected chi connectivity index (χ2v) is 12.7. The lowest BCUT2D eigenvalue weighted by Crippen LogP contribution is -2.38. The zero-order valence-corrected chi connectivity index (χ0v) is 22.0. The summed E-state index contributed by atoms with van der Waals surface area (Å²) in [7, 11) is -3.14. The van der Waals surface area contributed by atoms with Gasteiger partial charge in [0.2, 0.25) is 5.91 Å². The van der Waals surface area contributed by atoms with Crippen LogP contribution in [0.4, 0.5) is 16.2 Å². The van der Waals surface area contributed by atoms with Gasteiger partial charge in [-0.2, -0.15) is 4.99 Å². The fourth-order valence-corrected chi connectivity index (χ4v) is 7.96. The quantitative estimate of drug-likeness (QED) is 0.596. The molecular formula is C23H34N4O5S2. The van der Waals surface area contributed by atoms with Crippen molar-refractivity contribution >= 4 is 50.1 Å². The van der Waals surface area contributed by atoms with E-state index >= 15 is 0 Å². The standard InChI is InChI=1S/C23H34N4O5S2/c1-6-26(7-2)16-8-10-17(11-9-16)27-18-14-34(30,31)15-19(18)33-21(27)25-20(28)12-13-24-22(29)32-23(3,4)5/h8-11,18-19H,6-7,12-15H2,1-5H3,(H,24,29). The number of amides is 2. The molecule has 0 spiro atoms. The van der Waals surface area contributed by atoms with Gasteiger partial charge >= 0.3 is 6.09 Å². The van der Waals surface area contributed by atoms with Crippen molar-refractivity contribution in [1.29, 1.82) is 0 Å². The second-order valence-electron chi connectivity index (χ2n) is 9.33. The van der Waals surface area contributed by atoms with Crippen LogP contribution in [0.15, 0.2) is 29.3 Å². The number of carbonyl (C=O) groups is 2. The molecule has 11 heteroatoms. The van der Waals surface area contributed by atoms with Crippen molar-refractivity contribution in [3.63, 3.8) is 0 Å². The molecule has 1 aromatic rings. The van der Waals surface area contributed by atoms with Crippen LogP contribution in [0.5, 0.6) is 0 Å². The lowest BCUT2D eigenvalue weighted by molar-refractivity contribution is -0.117. The molecule has 0 aliphatic carbocycles. The fraction of sp³-hybridized carbons (Fsp3) is 0.609. The first-order valence-electron chi connectivity index (χ1n) is 11.5. The number of benzene rings is 1. The van der Waals surface area contributed by atoms with Crippen LogP contribution in [0.2, 0.25) is 0 Å². The summed E-state index contributed by atoms with van der Waals surface area (Å²) in [5.74, 6) is -0.272. The number of ether oxygens (including phenoxy) is 1. The number of fused-ring (bicyclic) bond motifs is 1. The van der Waals surface area contributed by atoms with E-state index in [1.54, 1.807) is 20.8 Å². The Morgan fingerprint density at radius 3 is 2.41 bits per heavy atom. The van der Waals surface area contributed by atoms with Crippen molar-refractivity contribution in [2.75, 3.05) is 40.9 Å². The molecule has 2 unspecified atom stereocenters. The van der Waals surface area contributed by atoms with Crippen LogP contribution in [0, 0.1) is 0 Å². The lowest BCUT2D eigenvalue weighted by Gasteiger charge is -2.26. The summed E-state index contributed by atoms with van der Waals surface area (Å²) in [4.78, 5) is 32.7. The first-order valence-corrected chi connectivity index (χ1v) is 14.2. The number of hydrogen-bond acceptors (Lipinski definition) is 7. The number of amidine groups is 1. The molecule has 3 rings (SSSR count). The lowest BCUT2D eigenvalue weighted by atomic mass is 10.2. The number of hydrogen-bond donors (Lipinski definition) is 1. The van der Waals surface area contributed by atoms with Gasteiger partial charge in [0, 0.05) is 42.7 Å². The third-order valence-corrected chi connectivity index (χ3v) is 8.76. The van der Waals surface area contributed by atoms with E-state index in [-0.39, 0.29) is 41.7 Å². The summed E-state index contributed by atoms with van der Waals surface area (Å²) < 4.78 is 29.7. The molecule has 1 aromatic carbocycles. The molecule has 2 atom stereocenters. The normalized spacial score (nSPS) is 22.5. The van der Waals surface area contributed by atoms with Crippen LogP contribution in [-0.2, 0) is 19.4 Å². The average Bonchev–Trinajstić information content (AvgIpc) is 3.18. The van der Waals surface area contributed by atoms with Crippen LogP contribution in [0.3, 0.4) is 0 Å². The highest BCUT2D eigenvalue weighted by Crippen LogP contribution is 2.41. The van der Waals surface area contributed by atoms with Gasteiger partial charge in [-0.3, -0.25) is 4.79 Å². The molecule has 0 saturated carbocycles. The highest BCUT2D eigenvalue weighted by atomic mass is 32.2. The molecule has 0 radical (unpaired) electrons. The maximum Gasteiger partial charge on any atom is 0.407 e.